The van der Waals surface area contributed by atoms with Crippen LogP contribution in [-0.2, 0) is 7.05 Å². The Morgan fingerprint density at radius 2 is 1.29 bits per heavy atom. The van der Waals surface area contributed by atoms with Gasteiger partial charge in [-0.2, -0.15) is 0 Å². The van der Waals surface area contributed by atoms with Crippen LogP contribution in [0.5, 0.6) is 0 Å². The average molecular weight is 523 g/mol. The number of pyridine rings is 1. The first-order chi connectivity index (χ1) is 18.0. The third-order valence-electron chi connectivity index (χ3n) is 8.18. The fourth-order valence-electron chi connectivity index (χ4n) is 6.89. The van der Waals surface area contributed by atoms with E-state index in [1.165, 1.54) is 62.4 Å². The molecule has 0 aliphatic rings. The van der Waals surface area contributed by atoms with Gasteiger partial charge in [-0.1, -0.05) is 113 Å². The Hall–Kier alpha value is -2.71. The SMILES string of the molecule is Cc1cc(-c2ccccc2)cc(-c2c3ccc([Si](CC(C)C)(CC(C)C)CC(C)C)cc3cc[n+]2C)c1C. The van der Waals surface area contributed by atoms with E-state index in [2.05, 4.69) is 140 Å². The number of fused-ring (bicyclic) bond motifs is 1. The molecule has 0 unspecified atom stereocenters. The second kappa shape index (κ2) is 11.6. The van der Waals surface area contributed by atoms with Gasteiger partial charge in [0.25, 0.3) is 0 Å². The van der Waals surface area contributed by atoms with Crippen molar-refractivity contribution in [2.24, 2.45) is 24.8 Å². The zero-order valence-electron chi connectivity index (χ0n) is 25.2. The van der Waals surface area contributed by atoms with Crippen LogP contribution in [-0.4, -0.2) is 8.07 Å². The van der Waals surface area contributed by atoms with E-state index in [0.29, 0.717) is 0 Å². The van der Waals surface area contributed by atoms with Gasteiger partial charge in [0.05, 0.1) is 19.0 Å². The summed E-state index contributed by atoms with van der Waals surface area (Å²) < 4.78 is 2.32. The van der Waals surface area contributed by atoms with Gasteiger partial charge in [-0.25, -0.2) is 4.57 Å². The molecule has 0 atom stereocenters. The van der Waals surface area contributed by atoms with Crippen LogP contribution in [0.3, 0.4) is 0 Å². The zero-order valence-corrected chi connectivity index (χ0v) is 26.2. The molecule has 1 aromatic heterocycles. The molecule has 3 aromatic carbocycles. The highest BCUT2D eigenvalue weighted by atomic mass is 28.3. The summed E-state index contributed by atoms with van der Waals surface area (Å²) in [7, 11) is 0.528. The van der Waals surface area contributed by atoms with Crippen molar-refractivity contribution in [3.63, 3.8) is 0 Å². The average Bonchev–Trinajstić information content (AvgIpc) is 2.85. The van der Waals surface area contributed by atoms with Crippen LogP contribution in [0.1, 0.15) is 52.7 Å². The number of hydrogen-bond acceptors (Lipinski definition) is 0. The molecular formula is C36H48NSi+. The van der Waals surface area contributed by atoms with Crippen molar-refractivity contribution in [3.8, 4) is 22.4 Å². The lowest BCUT2D eigenvalue weighted by Gasteiger charge is -2.37. The van der Waals surface area contributed by atoms with Gasteiger partial charge in [-0.15, -0.1) is 0 Å². The highest BCUT2D eigenvalue weighted by molar-refractivity contribution is 6.92. The van der Waals surface area contributed by atoms with Gasteiger partial charge in [0.2, 0.25) is 5.69 Å². The number of aromatic nitrogens is 1. The largest absolute Gasteiger partial charge is 0.220 e. The lowest BCUT2D eigenvalue weighted by Crippen LogP contribution is -2.50. The lowest BCUT2D eigenvalue weighted by atomic mass is 9.92. The van der Waals surface area contributed by atoms with E-state index in [1.807, 2.05) is 0 Å². The van der Waals surface area contributed by atoms with Crippen molar-refractivity contribution >= 4 is 24.0 Å². The van der Waals surface area contributed by atoms with Gasteiger partial charge in [0.15, 0.2) is 6.20 Å². The Kier molecular flexibility index (Phi) is 8.62. The highest BCUT2D eigenvalue weighted by Crippen LogP contribution is 2.36. The first-order valence-corrected chi connectivity index (χ1v) is 17.2. The van der Waals surface area contributed by atoms with Crippen molar-refractivity contribution in [1.29, 1.82) is 0 Å². The molecule has 0 radical (unpaired) electrons. The van der Waals surface area contributed by atoms with Crippen LogP contribution in [0.4, 0.5) is 0 Å². The van der Waals surface area contributed by atoms with Crippen LogP contribution in [0.25, 0.3) is 33.2 Å². The zero-order chi connectivity index (χ0) is 27.6. The van der Waals surface area contributed by atoms with Gasteiger partial charge in [-0.3, -0.25) is 0 Å². The Morgan fingerprint density at radius 3 is 1.87 bits per heavy atom. The summed E-state index contributed by atoms with van der Waals surface area (Å²) in [5.41, 5.74) is 7.91. The van der Waals surface area contributed by atoms with E-state index in [4.69, 9.17) is 0 Å². The first kappa shape index (κ1) is 28.3. The Morgan fingerprint density at radius 1 is 0.684 bits per heavy atom. The minimum atomic E-state index is -1.67. The van der Waals surface area contributed by atoms with Crippen molar-refractivity contribution < 1.29 is 4.57 Å². The topological polar surface area (TPSA) is 3.88 Å². The standard InChI is InChI=1S/C36H48NSi/c1-25(2)22-38(23-26(3)4,24-27(5)6)33-15-16-34-31(20-33)17-18-37(9)36(34)35-21-32(19-28(7)29(35)8)30-13-11-10-12-14-30/h10-21,25-27H,22-24H2,1-9H3/q+1. The maximum Gasteiger partial charge on any atom is 0.220 e. The Labute approximate surface area is 233 Å². The summed E-state index contributed by atoms with van der Waals surface area (Å²) in [5.74, 6) is 2.18. The minimum absolute atomic E-state index is 0.727. The van der Waals surface area contributed by atoms with E-state index < -0.39 is 8.07 Å². The molecule has 0 saturated heterocycles. The molecule has 4 rings (SSSR count). The van der Waals surface area contributed by atoms with Gasteiger partial charge in [0, 0.05) is 6.07 Å². The molecule has 0 amide bonds. The van der Waals surface area contributed by atoms with Crippen LogP contribution in [0.15, 0.2) is 72.9 Å². The molecule has 0 aliphatic carbocycles. The number of aryl methyl sites for hydroxylation is 2. The molecule has 0 bridgehead atoms. The van der Waals surface area contributed by atoms with Crippen LogP contribution in [0.2, 0.25) is 18.1 Å². The minimum Gasteiger partial charge on any atom is -0.200 e. The fraction of sp³-hybridized carbons (Fsp3) is 0.417. The molecule has 1 heterocycles. The molecule has 0 N–H and O–H groups in total. The maximum atomic E-state index is 2.58. The summed E-state index contributed by atoms with van der Waals surface area (Å²) in [5, 5.41) is 4.39. The van der Waals surface area contributed by atoms with Crippen molar-refractivity contribution in [1.82, 2.24) is 0 Å². The summed E-state index contributed by atoms with van der Waals surface area (Å²) in [4.78, 5) is 0. The Bertz CT molecular complexity index is 1370. The molecular weight excluding hydrogens is 474 g/mol. The predicted octanol–water partition coefficient (Wildman–Crippen LogP) is 9.24. The van der Waals surface area contributed by atoms with Crippen LogP contribution >= 0.6 is 0 Å². The monoisotopic (exact) mass is 522 g/mol. The second-order valence-corrected chi connectivity index (χ2v) is 17.3. The molecule has 200 valence electrons. The maximum absolute atomic E-state index is 2.58. The molecule has 2 heteroatoms. The number of nitrogens with zero attached hydrogens (tertiary/aromatic N) is 1. The van der Waals surface area contributed by atoms with Gasteiger partial charge in [0.1, 0.15) is 7.05 Å². The summed E-state index contributed by atoms with van der Waals surface area (Å²) >= 11 is 0. The van der Waals surface area contributed by atoms with E-state index in [9.17, 15) is 0 Å². The van der Waals surface area contributed by atoms with E-state index >= 15 is 0 Å². The molecule has 0 aliphatic heterocycles. The third-order valence-corrected chi connectivity index (χ3v) is 14.5. The van der Waals surface area contributed by atoms with Gasteiger partial charge >= 0.3 is 0 Å². The molecule has 0 fully saturated rings. The molecule has 38 heavy (non-hydrogen) atoms. The van der Waals surface area contributed by atoms with Crippen molar-refractivity contribution in [2.75, 3.05) is 0 Å². The number of hydrogen-bond donors (Lipinski definition) is 0. The quantitative estimate of drug-likeness (QED) is 0.152. The van der Waals surface area contributed by atoms with E-state index in [-0.39, 0.29) is 0 Å². The summed E-state index contributed by atoms with van der Waals surface area (Å²) in [6.45, 7) is 19.1. The molecule has 0 saturated carbocycles. The van der Waals surface area contributed by atoms with Crippen molar-refractivity contribution in [2.45, 2.75) is 73.5 Å². The van der Waals surface area contributed by atoms with Crippen LogP contribution in [0, 0.1) is 31.6 Å². The Balaban J connectivity index is 1.93. The van der Waals surface area contributed by atoms with Crippen molar-refractivity contribution in [3.05, 3.63) is 84.1 Å². The lowest BCUT2D eigenvalue weighted by molar-refractivity contribution is -0.659. The fourth-order valence-corrected chi connectivity index (χ4v) is 13.7. The molecule has 1 nitrogen and oxygen atoms in total. The highest BCUT2D eigenvalue weighted by Gasteiger charge is 2.37. The van der Waals surface area contributed by atoms with E-state index in [0.717, 1.165) is 17.8 Å². The van der Waals surface area contributed by atoms with E-state index in [1.54, 1.807) is 5.19 Å². The second-order valence-electron chi connectivity index (χ2n) is 13.0. The number of rotatable bonds is 9. The van der Waals surface area contributed by atoms with Crippen LogP contribution < -0.4 is 9.75 Å². The number of benzene rings is 3. The first-order valence-electron chi connectivity index (χ1n) is 14.6. The predicted molar refractivity (Wildman–Crippen MR) is 170 cm³/mol. The third kappa shape index (κ3) is 5.96. The molecule has 4 aromatic rings. The summed E-state index contributed by atoms with van der Waals surface area (Å²) in [6.07, 6.45) is 2.27. The van der Waals surface area contributed by atoms with Gasteiger partial charge in [-0.05, 0) is 71.4 Å². The molecule has 0 spiro atoms. The smallest absolute Gasteiger partial charge is 0.200 e. The normalized spacial score (nSPS) is 12.3. The van der Waals surface area contributed by atoms with Gasteiger partial charge < -0.3 is 0 Å². The summed E-state index contributed by atoms with van der Waals surface area (Å²) in [6, 6.07) is 29.5.